The van der Waals surface area contributed by atoms with Gasteiger partial charge in [-0.1, -0.05) is 36.8 Å². The number of nitrogens with zero attached hydrogens (tertiary/aromatic N) is 1. The van der Waals surface area contributed by atoms with Crippen LogP contribution >= 0.6 is 0 Å². The Bertz CT molecular complexity index is 431. The van der Waals surface area contributed by atoms with Gasteiger partial charge in [0.05, 0.1) is 12.7 Å². The van der Waals surface area contributed by atoms with Crippen LogP contribution in [0.15, 0.2) is 24.3 Å². The van der Waals surface area contributed by atoms with Crippen molar-refractivity contribution in [1.82, 2.24) is 4.90 Å². The van der Waals surface area contributed by atoms with Crippen LogP contribution in [0.1, 0.15) is 37.3 Å². The third-order valence-corrected chi connectivity index (χ3v) is 3.60. The number of benzene rings is 1. The normalized spacial score (nSPS) is 19.5. The molecular weight excluding hydrogens is 238 g/mol. The minimum atomic E-state index is 0.185. The molecular formula is C16H23NO2. The van der Waals surface area contributed by atoms with Crippen molar-refractivity contribution in [3.8, 4) is 0 Å². The van der Waals surface area contributed by atoms with E-state index in [2.05, 4.69) is 31.2 Å². The zero-order valence-corrected chi connectivity index (χ0v) is 11.9. The lowest BCUT2D eigenvalue weighted by atomic mass is 10.1. The number of likely N-dealkylation sites (tertiary alicyclic amines) is 1. The van der Waals surface area contributed by atoms with Crippen LogP contribution in [-0.4, -0.2) is 30.0 Å². The van der Waals surface area contributed by atoms with Crippen LogP contribution in [0.5, 0.6) is 0 Å². The van der Waals surface area contributed by atoms with E-state index in [1.807, 2.05) is 11.8 Å². The van der Waals surface area contributed by atoms with E-state index < -0.39 is 0 Å². The molecule has 0 aliphatic carbocycles. The molecule has 2 rings (SSSR count). The summed E-state index contributed by atoms with van der Waals surface area (Å²) < 4.78 is 5.96. The smallest absolute Gasteiger partial charge is 0.222 e. The van der Waals surface area contributed by atoms with Crippen LogP contribution in [0.3, 0.4) is 0 Å². The third-order valence-electron chi connectivity index (χ3n) is 3.60. The second kappa shape index (κ2) is 6.71. The molecule has 1 atom stereocenters. The van der Waals surface area contributed by atoms with Crippen LogP contribution in [0.4, 0.5) is 0 Å². The van der Waals surface area contributed by atoms with Crippen molar-refractivity contribution < 1.29 is 9.53 Å². The molecule has 3 nitrogen and oxygen atoms in total. The zero-order chi connectivity index (χ0) is 13.7. The first-order valence-electron chi connectivity index (χ1n) is 7.14. The molecule has 1 aliphatic rings. The van der Waals surface area contributed by atoms with Gasteiger partial charge in [0.15, 0.2) is 0 Å². The predicted octanol–water partition coefficient (Wildman–Crippen LogP) is 2.91. The summed E-state index contributed by atoms with van der Waals surface area (Å²) in [5.74, 6) is 0.240. The van der Waals surface area contributed by atoms with E-state index in [0.717, 1.165) is 25.9 Å². The minimum absolute atomic E-state index is 0.185. The van der Waals surface area contributed by atoms with Crippen LogP contribution < -0.4 is 0 Å². The summed E-state index contributed by atoms with van der Waals surface area (Å²) in [6, 6.07) is 8.39. The fourth-order valence-electron chi connectivity index (χ4n) is 2.54. The second-order valence-electron chi connectivity index (χ2n) is 5.26. The topological polar surface area (TPSA) is 29.5 Å². The van der Waals surface area contributed by atoms with Crippen molar-refractivity contribution in [2.75, 3.05) is 13.1 Å². The van der Waals surface area contributed by atoms with Gasteiger partial charge in [-0.2, -0.15) is 0 Å². The summed E-state index contributed by atoms with van der Waals surface area (Å²) in [6.07, 6.45) is 2.87. The van der Waals surface area contributed by atoms with Gasteiger partial charge in [-0.05, 0) is 25.3 Å². The Hall–Kier alpha value is -1.35. The molecule has 0 radical (unpaired) electrons. The Morgan fingerprint density at radius 3 is 3.05 bits per heavy atom. The molecule has 104 valence electrons. The molecule has 1 aromatic carbocycles. The van der Waals surface area contributed by atoms with E-state index in [4.69, 9.17) is 4.74 Å². The molecule has 1 fully saturated rings. The van der Waals surface area contributed by atoms with Crippen molar-refractivity contribution in [2.45, 2.75) is 45.8 Å². The molecule has 1 saturated heterocycles. The van der Waals surface area contributed by atoms with Crippen LogP contribution in [0.2, 0.25) is 0 Å². The first kappa shape index (κ1) is 14.1. The molecule has 0 bridgehead atoms. The van der Waals surface area contributed by atoms with E-state index in [1.165, 1.54) is 11.1 Å². The highest BCUT2D eigenvalue weighted by Crippen LogP contribution is 2.16. The Labute approximate surface area is 115 Å². The largest absolute Gasteiger partial charge is 0.372 e. The van der Waals surface area contributed by atoms with E-state index in [-0.39, 0.29) is 12.0 Å². The van der Waals surface area contributed by atoms with Crippen LogP contribution in [0.25, 0.3) is 0 Å². The van der Waals surface area contributed by atoms with Gasteiger partial charge < -0.3 is 9.64 Å². The monoisotopic (exact) mass is 261 g/mol. The molecule has 1 amide bonds. The van der Waals surface area contributed by atoms with Crippen molar-refractivity contribution in [3.63, 3.8) is 0 Å². The average Bonchev–Trinajstić information content (AvgIpc) is 2.45. The Kier molecular flexibility index (Phi) is 4.97. The highest BCUT2D eigenvalue weighted by Gasteiger charge is 2.22. The maximum Gasteiger partial charge on any atom is 0.222 e. The van der Waals surface area contributed by atoms with Crippen molar-refractivity contribution >= 4 is 5.91 Å². The van der Waals surface area contributed by atoms with Gasteiger partial charge in [0.1, 0.15) is 0 Å². The number of carbonyl (C=O) groups excluding carboxylic acids is 1. The summed E-state index contributed by atoms with van der Waals surface area (Å²) in [5.41, 5.74) is 2.46. The first-order valence-corrected chi connectivity index (χ1v) is 7.14. The average molecular weight is 261 g/mol. The quantitative estimate of drug-likeness (QED) is 0.834. The molecule has 1 aliphatic heterocycles. The molecule has 0 spiro atoms. The lowest BCUT2D eigenvalue weighted by Crippen LogP contribution is -2.42. The van der Waals surface area contributed by atoms with Crippen molar-refractivity contribution in [1.29, 1.82) is 0 Å². The van der Waals surface area contributed by atoms with Gasteiger partial charge in [0, 0.05) is 19.5 Å². The lowest BCUT2D eigenvalue weighted by Gasteiger charge is -2.32. The molecule has 1 aromatic rings. The molecule has 0 unspecified atom stereocenters. The lowest BCUT2D eigenvalue weighted by molar-refractivity contribution is -0.135. The highest BCUT2D eigenvalue weighted by atomic mass is 16.5. The molecule has 19 heavy (non-hydrogen) atoms. The standard InChI is InChI=1S/C16H23NO2/c1-3-16(18)17-9-5-8-15(11-17)19-12-14-7-4-6-13(2)10-14/h4,6-7,10,15H,3,5,8-9,11-12H2,1-2H3/t15-/m1/s1. The van der Waals surface area contributed by atoms with Gasteiger partial charge in [-0.15, -0.1) is 0 Å². The summed E-state index contributed by atoms with van der Waals surface area (Å²) in [6.45, 7) is 6.28. The molecule has 0 N–H and O–H groups in total. The Morgan fingerprint density at radius 2 is 2.32 bits per heavy atom. The van der Waals surface area contributed by atoms with E-state index >= 15 is 0 Å². The highest BCUT2D eigenvalue weighted by molar-refractivity contribution is 5.75. The Balaban J connectivity index is 1.84. The van der Waals surface area contributed by atoms with E-state index in [9.17, 15) is 4.79 Å². The number of hydrogen-bond donors (Lipinski definition) is 0. The van der Waals surface area contributed by atoms with Gasteiger partial charge in [0.25, 0.3) is 0 Å². The van der Waals surface area contributed by atoms with E-state index in [0.29, 0.717) is 13.0 Å². The molecule has 0 saturated carbocycles. The predicted molar refractivity (Wildman–Crippen MR) is 75.9 cm³/mol. The third kappa shape index (κ3) is 4.06. The number of amides is 1. The van der Waals surface area contributed by atoms with Gasteiger partial charge >= 0.3 is 0 Å². The first-order chi connectivity index (χ1) is 9.19. The molecule has 3 heteroatoms. The van der Waals surface area contributed by atoms with Gasteiger partial charge in [-0.25, -0.2) is 0 Å². The summed E-state index contributed by atoms with van der Waals surface area (Å²) >= 11 is 0. The Morgan fingerprint density at radius 1 is 1.47 bits per heavy atom. The van der Waals surface area contributed by atoms with Crippen molar-refractivity contribution in [2.24, 2.45) is 0 Å². The van der Waals surface area contributed by atoms with Gasteiger partial charge in [0.2, 0.25) is 5.91 Å². The molecule has 1 heterocycles. The minimum Gasteiger partial charge on any atom is -0.372 e. The SMILES string of the molecule is CCC(=O)N1CCC[C@@H](OCc2cccc(C)c2)C1. The number of hydrogen-bond acceptors (Lipinski definition) is 2. The summed E-state index contributed by atoms with van der Waals surface area (Å²) in [7, 11) is 0. The maximum atomic E-state index is 11.7. The molecule has 0 aromatic heterocycles. The number of carbonyl (C=O) groups is 1. The number of ether oxygens (including phenoxy) is 1. The number of rotatable bonds is 4. The number of aryl methyl sites for hydroxylation is 1. The summed E-state index contributed by atoms with van der Waals surface area (Å²) in [5, 5.41) is 0. The number of piperidine rings is 1. The fourth-order valence-corrected chi connectivity index (χ4v) is 2.54. The van der Waals surface area contributed by atoms with Crippen molar-refractivity contribution in [3.05, 3.63) is 35.4 Å². The van der Waals surface area contributed by atoms with E-state index in [1.54, 1.807) is 0 Å². The van der Waals surface area contributed by atoms with Crippen LogP contribution in [-0.2, 0) is 16.1 Å². The zero-order valence-electron chi connectivity index (χ0n) is 11.9. The van der Waals surface area contributed by atoms with Gasteiger partial charge in [-0.3, -0.25) is 4.79 Å². The maximum absolute atomic E-state index is 11.7. The summed E-state index contributed by atoms with van der Waals surface area (Å²) in [4.78, 5) is 13.6. The fraction of sp³-hybridized carbons (Fsp3) is 0.562. The second-order valence-corrected chi connectivity index (χ2v) is 5.26. The van der Waals surface area contributed by atoms with Crippen LogP contribution in [0, 0.1) is 6.92 Å².